The first kappa shape index (κ1) is 22.3. The Hall–Kier alpha value is -3.55. The van der Waals surface area contributed by atoms with Crippen LogP contribution in [0.25, 0.3) is 22.2 Å². The highest BCUT2D eigenvalue weighted by molar-refractivity contribution is 5.87. The molecule has 0 amide bonds. The van der Waals surface area contributed by atoms with Crippen molar-refractivity contribution in [3.63, 3.8) is 0 Å². The van der Waals surface area contributed by atoms with Gasteiger partial charge in [0.15, 0.2) is 5.82 Å². The maximum Gasteiger partial charge on any atom is 0.229 e. The average molecular weight is 463 g/mol. The highest BCUT2D eigenvalue weighted by atomic mass is 19.1. The number of benzene rings is 1. The monoisotopic (exact) mass is 462 g/mol. The van der Waals surface area contributed by atoms with Crippen LogP contribution in [0.1, 0.15) is 63.1 Å². The number of rotatable bonds is 6. The van der Waals surface area contributed by atoms with Crippen LogP contribution in [0.4, 0.5) is 4.39 Å². The van der Waals surface area contributed by atoms with Crippen molar-refractivity contribution >= 4 is 10.9 Å². The third-order valence-electron chi connectivity index (χ3n) is 6.28. The van der Waals surface area contributed by atoms with Gasteiger partial charge in [-0.05, 0) is 37.8 Å². The molecule has 1 aliphatic rings. The van der Waals surface area contributed by atoms with Gasteiger partial charge in [-0.3, -0.25) is 0 Å². The number of hydrogen-bond acceptors (Lipinski definition) is 7. The molecule has 5 rings (SSSR count). The normalized spacial score (nSPS) is 18.4. The minimum absolute atomic E-state index is 0.0428. The van der Waals surface area contributed by atoms with Crippen molar-refractivity contribution < 1.29 is 18.4 Å². The van der Waals surface area contributed by atoms with Crippen LogP contribution < -0.4 is 9.47 Å². The minimum Gasteiger partial charge on any atom is -0.490 e. The Balaban J connectivity index is 1.37. The van der Waals surface area contributed by atoms with Crippen LogP contribution >= 0.6 is 0 Å². The number of hydrogen-bond donors (Lipinski definition) is 0. The Kier molecular flexibility index (Phi) is 6.13. The molecule has 1 fully saturated rings. The minimum atomic E-state index is -0.443. The fraction of sp³-hybridized carbons (Fsp3) is 0.385. The van der Waals surface area contributed by atoms with Gasteiger partial charge in [-0.15, -0.1) is 0 Å². The lowest BCUT2D eigenvalue weighted by Gasteiger charge is -2.27. The van der Waals surface area contributed by atoms with Gasteiger partial charge in [-0.2, -0.15) is 4.98 Å². The Bertz CT molecular complexity index is 1300. The van der Waals surface area contributed by atoms with Gasteiger partial charge in [0.05, 0.1) is 30.0 Å². The molecule has 1 aliphatic carbocycles. The van der Waals surface area contributed by atoms with E-state index in [1.54, 1.807) is 6.07 Å². The lowest BCUT2D eigenvalue weighted by Crippen LogP contribution is -2.23. The van der Waals surface area contributed by atoms with Crippen LogP contribution in [-0.4, -0.2) is 33.3 Å². The molecule has 1 saturated carbocycles. The van der Waals surface area contributed by atoms with E-state index in [0.717, 1.165) is 48.3 Å². The second-order valence-electron chi connectivity index (χ2n) is 8.97. The van der Waals surface area contributed by atoms with E-state index in [-0.39, 0.29) is 23.8 Å². The van der Waals surface area contributed by atoms with E-state index in [1.165, 1.54) is 19.4 Å². The number of para-hydroxylation sites is 1. The number of pyridine rings is 2. The molecule has 8 heteroatoms. The van der Waals surface area contributed by atoms with Gasteiger partial charge in [0.25, 0.3) is 0 Å². The van der Waals surface area contributed by atoms with E-state index in [9.17, 15) is 4.39 Å². The molecule has 0 bridgehead atoms. The molecule has 0 atom stereocenters. The molecule has 3 heterocycles. The summed E-state index contributed by atoms with van der Waals surface area (Å²) in [7, 11) is 1.46. The maximum atomic E-state index is 14.7. The lowest BCUT2D eigenvalue weighted by atomic mass is 9.87. The van der Waals surface area contributed by atoms with Gasteiger partial charge in [-0.1, -0.05) is 31.1 Å². The molecule has 34 heavy (non-hydrogen) atoms. The zero-order valence-corrected chi connectivity index (χ0v) is 19.5. The molecular formula is C26H27FN4O3. The molecule has 1 aromatic carbocycles. The third-order valence-corrected chi connectivity index (χ3v) is 6.28. The van der Waals surface area contributed by atoms with Gasteiger partial charge in [0, 0.05) is 35.6 Å². The highest BCUT2D eigenvalue weighted by Crippen LogP contribution is 2.37. The van der Waals surface area contributed by atoms with E-state index in [0.29, 0.717) is 17.0 Å². The first-order valence-electron chi connectivity index (χ1n) is 11.6. The zero-order valence-electron chi connectivity index (χ0n) is 19.5. The number of nitrogens with zero attached hydrogens (tertiary/aromatic N) is 4. The van der Waals surface area contributed by atoms with Gasteiger partial charge in [0.2, 0.25) is 11.8 Å². The number of ether oxygens (including phenoxy) is 2. The van der Waals surface area contributed by atoms with Crippen LogP contribution in [0, 0.1) is 5.82 Å². The van der Waals surface area contributed by atoms with Crippen LogP contribution in [-0.2, 0) is 0 Å². The predicted octanol–water partition coefficient (Wildman–Crippen LogP) is 6.06. The van der Waals surface area contributed by atoms with Crippen molar-refractivity contribution in [2.75, 3.05) is 7.11 Å². The summed E-state index contributed by atoms with van der Waals surface area (Å²) < 4.78 is 31.7. The molecule has 3 aromatic heterocycles. The summed E-state index contributed by atoms with van der Waals surface area (Å²) in [6.45, 7) is 4.11. The van der Waals surface area contributed by atoms with Crippen molar-refractivity contribution in [2.24, 2.45) is 0 Å². The van der Waals surface area contributed by atoms with E-state index in [4.69, 9.17) is 14.0 Å². The van der Waals surface area contributed by atoms with Gasteiger partial charge >= 0.3 is 0 Å². The van der Waals surface area contributed by atoms with Crippen molar-refractivity contribution in [3.05, 3.63) is 60.1 Å². The first-order chi connectivity index (χ1) is 16.5. The molecule has 4 aromatic rings. The summed E-state index contributed by atoms with van der Waals surface area (Å²) >= 11 is 0. The fourth-order valence-corrected chi connectivity index (χ4v) is 4.35. The maximum absolute atomic E-state index is 14.7. The van der Waals surface area contributed by atoms with Crippen LogP contribution in [0.3, 0.4) is 0 Å². The summed E-state index contributed by atoms with van der Waals surface area (Å²) in [5.41, 5.74) is 1.52. The Labute approximate surface area is 197 Å². The van der Waals surface area contributed by atoms with Crippen molar-refractivity contribution in [3.8, 4) is 22.9 Å². The van der Waals surface area contributed by atoms with Crippen LogP contribution in [0.15, 0.2) is 47.1 Å². The Morgan fingerprint density at radius 2 is 1.85 bits per heavy atom. The zero-order chi connectivity index (χ0) is 23.7. The van der Waals surface area contributed by atoms with Crippen molar-refractivity contribution in [1.82, 2.24) is 20.1 Å². The second kappa shape index (κ2) is 9.37. The van der Waals surface area contributed by atoms with Crippen LogP contribution in [0.2, 0.25) is 0 Å². The number of halogens is 1. The van der Waals surface area contributed by atoms with E-state index in [1.807, 2.05) is 24.3 Å². The predicted molar refractivity (Wildman–Crippen MR) is 125 cm³/mol. The summed E-state index contributed by atoms with van der Waals surface area (Å²) in [5.74, 6) is 2.45. The summed E-state index contributed by atoms with van der Waals surface area (Å²) in [6.07, 6.45) is 5.05. The Morgan fingerprint density at radius 3 is 2.56 bits per heavy atom. The summed E-state index contributed by atoms with van der Waals surface area (Å²) in [4.78, 5) is 13.4. The smallest absolute Gasteiger partial charge is 0.229 e. The quantitative estimate of drug-likeness (QED) is 0.345. The molecule has 0 aliphatic heterocycles. The molecule has 176 valence electrons. The van der Waals surface area contributed by atoms with Gasteiger partial charge in [0.1, 0.15) is 11.6 Å². The summed E-state index contributed by atoms with van der Waals surface area (Å²) in [6, 6.07) is 10.8. The number of methoxy groups -OCH3 is 1. The second-order valence-corrected chi connectivity index (χ2v) is 8.97. The first-order valence-corrected chi connectivity index (χ1v) is 11.6. The SMILES string of the molecule is COc1cc(F)c(-c2cc(OC3CCC(c4nc(C(C)C)no4)CC3)c3ccccc3n2)cn1. The molecule has 7 nitrogen and oxygen atoms in total. The standard InChI is InChI=1S/C26H27FN4O3/c1-15(2)25-30-26(34-31-25)16-8-10-17(11-9-16)33-23-13-22(29-21-7-5-4-6-18(21)23)19-14-28-24(32-3)12-20(19)27/h4-7,12-17H,8-11H2,1-3H3. The van der Waals surface area contributed by atoms with Crippen LogP contribution in [0.5, 0.6) is 11.6 Å². The summed E-state index contributed by atoms with van der Waals surface area (Å²) in [5, 5.41) is 5.00. The third kappa shape index (κ3) is 4.44. The average Bonchev–Trinajstić information content (AvgIpc) is 3.35. The van der Waals surface area contributed by atoms with Gasteiger partial charge in [-0.25, -0.2) is 14.4 Å². The largest absolute Gasteiger partial charge is 0.490 e. The lowest BCUT2D eigenvalue weighted by molar-refractivity contribution is 0.141. The van der Waals surface area contributed by atoms with E-state index < -0.39 is 5.82 Å². The fourth-order valence-electron chi connectivity index (χ4n) is 4.35. The molecule has 0 spiro atoms. The molecule has 0 unspecified atom stereocenters. The van der Waals surface area contributed by atoms with E-state index in [2.05, 4.69) is 34.0 Å². The van der Waals surface area contributed by atoms with Crippen molar-refractivity contribution in [2.45, 2.75) is 57.5 Å². The topological polar surface area (TPSA) is 83.2 Å². The number of fused-ring (bicyclic) bond motifs is 1. The van der Waals surface area contributed by atoms with Gasteiger partial charge < -0.3 is 14.0 Å². The molecule has 0 N–H and O–H groups in total. The molecular weight excluding hydrogens is 435 g/mol. The highest BCUT2D eigenvalue weighted by Gasteiger charge is 2.28. The Morgan fingerprint density at radius 1 is 1.06 bits per heavy atom. The van der Waals surface area contributed by atoms with Crippen molar-refractivity contribution in [1.29, 1.82) is 0 Å². The van der Waals surface area contributed by atoms with E-state index >= 15 is 0 Å². The molecule has 0 saturated heterocycles. The molecule has 0 radical (unpaired) electrons. The number of aromatic nitrogens is 4.